The number of hydrogen-bond acceptors (Lipinski definition) is 4. The number of hydrogen-bond donors (Lipinski definition) is 1. The van der Waals surface area contributed by atoms with E-state index in [0.29, 0.717) is 11.5 Å². The molecule has 0 aliphatic heterocycles. The fraction of sp³-hybridized carbons (Fsp3) is 0.136. The molecular weight excluding hydrogens is 352 g/mol. The molecule has 6 nitrogen and oxygen atoms in total. The number of anilines is 1. The Labute approximate surface area is 162 Å². The van der Waals surface area contributed by atoms with Gasteiger partial charge in [0.2, 0.25) is 5.78 Å². The zero-order chi connectivity index (χ0) is 19.5. The second-order valence-electron chi connectivity index (χ2n) is 6.59. The number of imidazole rings is 1. The molecule has 28 heavy (non-hydrogen) atoms. The lowest BCUT2D eigenvalue weighted by Crippen LogP contribution is -2.20. The molecule has 4 aromatic rings. The Bertz CT molecular complexity index is 1080. The van der Waals surface area contributed by atoms with E-state index in [1.807, 2.05) is 79.2 Å². The van der Waals surface area contributed by atoms with Crippen molar-refractivity contribution in [1.29, 1.82) is 0 Å². The Morgan fingerprint density at radius 1 is 1.07 bits per heavy atom. The predicted octanol–water partition coefficient (Wildman–Crippen LogP) is 4.03. The number of ether oxygens (including phenoxy) is 1. The molecule has 0 aliphatic rings. The Morgan fingerprint density at radius 2 is 1.82 bits per heavy atom. The van der Waals surface area contributed by atoms with E-state index in [9.17, 15) is 4.79 Å². The van der Waals surface area contributed by atoms with Gasteiger partial charge in [-0.1, -0.05) is 30.3 Å². The summed E-state index contributed by atoms with van der Waals surface area (Å²) in [5, 5.41) is 2.85. The van der Waals surface area contributed by atoms with Crippen LogP contribution in [0.1, 0.15) is 11.1 Å². The van der Waals surface area contributed by atoms with E-state index in [4.69, 9.17) is 4.74 Å². The number of rotatable bonds is 5. The normalized spacial score (nSPS) is 10.8. The van der Waals surface area contributed by atoms with Gasteiger partial charge in [-0.2, -0.15) is 0 Å². The standard InChI is InChI=1S/C22H20N4O2/c1-15-5-3-6-16(2)21(15)28-14-20(27)24-18-9-7-17(8-10-18)19-13-26-12-4-11-23-22(26)25-19/h3-13H,14H2,1-2H3,(H,24,27). The second-order valence-corrected chi connectivity index (χ2v) is 6.59. The summed E-state index contributed by atoms with van der Waals surface area (Å²) in [6.45, 7) is 3.90. The van der Waals surface area contributed by atoms with Crippen molar-refractivity contribution in [3.63, 3.8) is 0 Å². The van der Waals surface area contributed by atoms with Crippen LogP contribution in [-0.4, -0.2) is 26.9 Å². The van der Waals surface area contributed by atoms with Gasteiger partial charge in [0, 0.05) is 29.8 Å². The lowest BCUT2D eigenvalue weighted by atomic mass is 10.1. The molecular formula is C22H20N4O2. The van der Waals surface area contributed by atoms with Gasteiger partial charge in [-0.25, -0.2) is 9.97 Å². The van der Waals surface area contributed by atoms with Crippen molar-refractivity contribution in [2.45, 2.75) is 13.8 Å². The quantitative estimate of drug-likeness (QED) is 0.574. The summed E-state index contributed by atoms with van der Waals surface area (Å²) in [5.74, 6) is 1.21. The van der Waals surface area contributed by atoms with Gasteiger partial charge >= 0.3 is 0 Å². The van der Waals surface area contributed by atoms with Gasteiger partial charge in [-0.15, -0.1) is 0 Å². The third-order valence-corrected chi connectivity index (χ3v) is 4.46. The van der Waals surface area contributed by atoms with Crippen LogP contribution in [0, 0.1) is 13.8 Å². The van der Waals surface area contributed by atoms with E-state index >= 15 is 0 Å². The van der Waals surface area contributed by atoms with E-state index in [0.717, 1.165) is 28.1 Å². The largest absolute Gasteiger partial charge is 0.483 e. The zero-order valence-corrected chi connectivity index (χ0v) is 15.7. The van der Waals surface area contributed by atoms with Crippen LogP contribution in [-0.2, 0) is 4.79 Å². The molecule has 0 unspecified atom stereocenters. The fourth-order valence-corrected chi connectivity index (χ4v) is 3.05. The molecule has 0 bridgehead atoms. The zero-order valence-electron chi connectivity index (χ0n) is 15.7. The molecule has 0 fully saturated rings. The molecule has 2 heterocycles. The van der Waals surface area contributed by atoms with Crippen molar-refractivity contribution in [3.05, 3.63) is 78.2 Å². The summed E-state index contributed by atoms with van der Waals surface area (Å²) < 4.78 is 7.57. The lowest BCUT2D eigenvalue weighted by molar-refractivity contribution is -0.118. The summed E-state index contributed by atoms with van der Waals surface area (Å²) >= 11 is 0. The van der Waals surface area contributed by atoms with Crippen LogP contribution in [0.4, 0.5) is 5.69 Å². The van der Waals surface area contributed by atoms with Crippen molar-refractivity contribution >= 4 is 17.4 Å². The Hall–Kier alpha value is -3.67. The van der Waals surface area contributed by atoms with Gasteiger partial charge in [0.05, 0.1) is 5.69 Å². The molecule has 0 saturated heterocycles. The molecule has 0 aliphatic carbocycles. The first-order chi connectivity index (χ1) is 13.6. The molecule has 6 heteroatoms. The number of carbonyl (C=O) groups is 1. The Morgan fingerprint density at radius 3 is 2.54 bits per heavy atom. The number of benzene rings is 2. The molecule has 0 saturated carbocycles. The van der Waals surface area contributed by atoms with Crippen molar-refractivity contribution < 1.29 is 9.53 Å². The summed E-state index contributed by atoms with van der Waals surface area (Å²) in [4.78, 5) is 20.9. The average Bonchev–Trinajstić information content (AvgIpc) is 3.12. The first-order valence-electron chi connectivity index (χ1n) is 8.99. The first-order valence-corrected chi connectivity index (χ1v) is 8.99. The lowest BCUT2D eigenvalue weighted by Gasteiger charge is -2.12. The number of fused-ring (bicyclic) bond motifs is 1. The van der Waals surface area contributed by atoms with Crippen LogP contribution in [0.15, 0.2) is 67.1 Å². The number of nitrogens with zero attached hydrogens (tertiary/aromatic N) is 3. The minimum Gasteiger partial charge on any atom is -0.483 e. The Kier molecular flexibility index (Phi) is 4.76. The van der Waals surface area contributed by atoms with Crippen LogP contribution in [0.25, 0.3) is 17.0 Å². The van der Waals surface area contributed by atoms with Crippen LogP contribution >= 0.6 is 0 Å². The SMILES string of the molecule is Cc1cccc(C)c1OCC(=O)Nc1ccc(-c2cn3cccnc3n2)cc1. The minimum atomic E-state index is -0.202. The number of aromatic nitrogens is 3. The van der Waals surface area contributed by atoms with Crippen LogP contribution < -0.4 is 10.1 Å². The maximum Gasteiger partial charge on any atom is 0.262 e. The number of amides is 1. The van der Waals surface area contributed by atoms with E-state index in [1.54, 1.807) is 6.20 Å². The maximum absolute atomic E-state index is 12.2. The molecule has 1 N–H and O–H groups in total. The molecule has 0 radical (unpaired) electrons. The maximum atomic E-state index is 12.2. The average molecular weight is 372 g/mol. The number of para-hydroxylation sites is 1. The number of carbonyl (C=O) groups excluding carboxylic acids is 1. The smallest absolute Gasteiger partial charge is 0.262 e. The predicted molar refractivity (Wildman–Crippen MR) is 108 cm³/mol. The van der Waals surface area contributed by atoms with Crippen molar-refractivity contribution in [1.82, 2.24) is 14.4 Å². The fourth-order valence-electron chi connectivity index (χ4n) is 3.05. The van der Waals surface area contributed by atoms with E-state index in [2.05, 4.69) is 15.3 Å². The summed E-state index contributed by atoms with van der Waals surface area (Å²) in [5.41, 5.74) is 4.52. The molecule has 140 valence electrons. The Balaban J connectivity index is 1.40. The molecule has 1 amide bonds. The highest BCUT2D eigenvalue weighted by molar-refractivity contribution is 5.92. The molecule has 0 atom stereocenters. The summed E-state index contributed by atoms with van der Waals surface area (Å²) in [7, 11) is 0. The molecule has 0 spiro atoms. The number of aryl methyl sites for hydroxylation is 2. The second kappa shape index (κ2) is 7.52. The van der Waals surface area contributed by atoms with Crippen LogP contribution in [0.2, 0.25) is 0 Å². The van der Waals surface area contributed by atoms with E-state index in [1.165, 1.54) is 0 Å². The van der Waals surface area contributed by atoms with Crippen LogP contribution in [0.5, 0.6) is 5.75 Å². The van der Waals surface area contributed by atoms with Gasteiger partial charge < -0.3 is 10.1 Å². The van der Waals surface area contributed by atoms with Crippen molar-refractivity contribution in [2.24, 2.45) is 0 Å². The van der Waals surface area contributed by atoms with Gasteiger partial charge in [-0.05, 0) is 43.2 Å². The number of nitrogens with one attached hydrogen (secondary N) is 1. The monoisotopic (exact) mass is 372 g/mol. The molecule has 4 rings (SSSR count). The van der Waals surface area contributed by atoms with Crippen molar-refractivity contribution in [3.8, 4) is 17.0 Å². The highest BCUT2D eigenvalue weighted by Crippen LogP contribution is 2.23. The third kappa shape index (κ3) is 3.71. The highest BCUT2D eigenvalue weighted by Gasteiger charge is 2.09. The van der Waals surface area contributed by atoms with E-state index < -0.39 is 0 Å². The minimum absolute atomic E-state index is 0.0362. The molecule has 2 aromatic heterocycles. The van der Waals surface area contributed by atoms with Crippen LogP contribution in [0.3, 0.4) is 0 Å². The first kappa shape index (κ1) is 17.7. The third-order valence-electron chi connectivity index (χ3n) is 4.46. The molecule has 2 aromatic carbocycles. The topological polar surface area (TPSA) is 68.5 Å². The van der Waals surface area contributed by atoms with Gasteiger partial charge in [-0.3, -0.25) is 9.20 Å². The van der Waals surface area contributed by atoms with Crippen molar-refractivity contribution in [2.75, 3.05) is 11.9 Å². The highest BCUT2D eigenvalue weighted by atomic mass is 16.5. The van der Waals surface area contributed by atoms with Gasteiger partial charge in [0.25, 0.3) is 5.91 Å². The summed E-state index contributed by atoms with van der Waals surface area (Å²) in [6, 6.07) is 15.3. The van der Waals surface area contributed by atoms with E-state index in [-0.39, 0.29) is 12.5 Å². The van der Waals surface area contributed by atoms with Gasteiger partial charge in [0.15, 0.2) is 6.61 Å². The van der Waals surface area contributed by atoms with Gasteiger partial charge in [0.1, 0.15) is 5.75 Å². The summed E-state index contributed by atoms with van der Waals surface area (Å²) in [6.07, 6.45) is 5.54.